The van der Waals surface area contributed by atoms with Crippen molar-refractivity contribution in [3.63, 3.8) is 0 Å². The lowest BCUT2D eigenvalue weighted by molar-refractivity contribution is 0.472. The lowest BCUT2D eigenvalue weighted by Crippen LogP contribution is -2.18. The molecule has 0 amide bonds. The Morgan fingerprint density at radius 1 is 1.47 bits per heavy atom. The number of rotatable bonds is 7. The summed E-state index contributed by atoms with van der Waals surface area (Å²) in [5.74, 6) is 1.48. The van der Waals surface area contributed by atoms with Gasteiger partial charge in [-0.15, -0.1) is 5.10 Å². The monoisotopic (exact) mass is 208 g/mol. The van der Waals surface area contributed by atoms with Crippen LogP contribution in [-0.4, -0.2) is 23.3 Å². The van der Waals surface area contributed by atoms with Gasteiger partial charge in [-0.05, 0) is 37.4 Å². The predicted molar refractivity (Wildman–Crippen MR) is 62.6 cm³/mol. The van der Waals surface area contributed by atoms with Crippen LogP contribution in [0.15, 0.2) is 18.3 Å². The molecule has 0 saturated heterocycles. The fourth-order valence-corrected chi connectivity index (χ4v) is 1.64. The van der Waals surface area contributed by atoms with Crippen LogP contribution in [0.25, 0.3) is 0 Å². The Balaban J connectivity index is 2.33. The van der Waals surface area contributed by atoms with Crippen LogP contribution >= 0.6 is 0 Å². The molecule has 0 spiro atoms. The molecule has 15 heavy (non-hydrogen) atoms. The van der Waals surface area contributed by atoms with Gasteiger partial charge in [0.05, 0.1) is 0 Å². The van der Waals surface area contributed by atoms with Crippen molar-refractivity contribution in [2.45, 2.75) is 26.2 Å². The van der Waals surface area contributed by atoms with Gasteiger partial charge in [-0.25, -0.2) is 0 Å². The van der Waals surface area contributed by atoms with Gasteiger partial charge in [0.2, 0.25) is 0 Å². The molecule has 4 nitrogen and oxygen atoms in total. The average molecular weight is 208 g/mol. The van der Waals surface area contributed by atoms with Crippen molar-refractivity contribution < 1.29 is 0 Å². The highest BCUT2D eigenvalue weighted by molar-refractivity contribution is 5.31. The Hall–Kier alpha value is -1.16. The Kier molecular flexibility index (Phi) is 5.70. The summed E-state index contributed by atoms with van der Waals surface area (Å²) in [7, 11) is 0. The third kappa shape index (κ3) is 4.74. The average Bonchev–Trinajstić information content (AvgIpc) is 2.28. The number of nitrogens with two attached hydrogens (primary N) is 1. The molecule has 1 heterocycles. The molecule has 0 aliphatic heterocycles. The van der Waals surface area contributed by atoms with Crippen LogP contribution in [0, 0.1) is 5.92 Å². The number of hydrogen-bond acceptors (Lipinski definition) is 4. The summed E-state index contributed by atoms with van der Waals surface area (Å²) >= 11 is 0. The standard InChI is InChI=1S/C11H20N4/c1-2-4-10(6-7-12)9-13-11-5-3-8-14-15-11/h3,5,8,10H,2,4,6-7,9,12H2,1H3,(H,13,15). The molecule has 1 unspecified atom stereocenters. The highest BCUT2D eigenvalue weighted by Gasteiger charge is 2.06. The van der Waals surface area contributed by atoms with Gasteiger partial charge in [-0.3, -0.25) is 0 Å². The van der Waals surface area contributed by atoms with Gasteiger partial charge < -0.3 is 11.1 Å². The van der Waals surface area contributed by atoms with Crippen LogP contribution in [0.1, 0.15) is 26.2 Å². The zero-order chi connectivity index (χ0) is 10.9. The molecule has 0 aromatic carbocycles. The molecule has 0 aliphatic rings. The number of anilines is 1. The van der Waals surface area contributed by atoms with E-state index in [1.807, 2.05) is 12.1 Å². The minimum Gasteiger partial charge on any atom is -0.368 e. The lowest BCUT2D eigenvalue weighted by atomic mass is 10.00. The van der Waals surface area contributed by atoms with Crippen molar-refractivity contribution in [2.24, 2.45) is 11.7 Å². The molecule has 84 valence electrons. The molecular weight excluding hydrogens is 188 g/mol. The SMILES string of the molecule is CCCC(CCN)CNc1cccnn1. The van der Waals surface area contributed by atoms with E-state index in [1.54, 1.807) is 6.20 Å². The second kappa shape index (κ2) is 7.17. The number of nitrogens with zero attached hydrogens (tertiary/aromatic N) is 2. The van der Waals surface area contributed by atoms with Crippen LogP contribution in [0.2, 0.25) is 0 Å². The summed E-state index contributed by atoms with van der Waals surface area (Å²) in [6.07, 6.45) is 5.16. The first-order valence-corrected chi connectivity index (χ1v) is 5.58. The molecule has 0 aliphatic carbocycles. The van der Waals surface area contributed by atoms with E-state index in [2.05, 4.69) is 22.4 Å². The van der Waals surface area contributed by atoms with E-state index >= 15 is 0 Å². The highest BCUT2D eigenvalue weighted by atomic mass is 15.2. The molecule has 0 fully saturated rings. The zero-order valence-corrected chi connectivity index (χ0v) is 9.32. The molecule has 1 rings (SSSR count). The largest absolute Gasteiger partial charge is 0.368 e. The molecule has 3 N–H and O–H groups in total. The van der Waals surface area contributed by atoms with Crippen molar-refractivity contribution in [1.82, 2.24) is 10.2 Å². The maximum atomic E-state index is 5.57. The van der Waals surface area contributed by atoms with Crippen molar-refractivity contribution in [1.29, 1.82) is 0 Å². The topological polar surface area (TPSA) is 63.8 Å². The van der Waals surface area contributed by atoms with E-state index in [1.165, 1.54) is 12.8 Å². The normalized spacial score (nSPS) is 12.4. The van der Waals surface area contributed by atoms with E-state index in [9.17, 15) is 0 Å². The maximum Gasteiger partial charge on any atom is 0.148 e. The fraction of sp³-hybridized carbons (Fsp3) is 0.636. The molecule has 0 radical (unpaired) electrons. The van der Waals surface area contributed by atoms with Gasteiger partial charge in [-0.2, -0.15) is 5.10 Å². The quantitative estimate of drug-likeness (QED) is 0.715. The van der Waals surface area contributed by atoms with Crippen LogP contribution in [0.5, 0.6) is 0 Å². The summed E-state index contributed by atoms with van der Waals surface area (Å²) in [6.45, 7) is 3.89. The summed E-state index contributed by atoms with van der Waals surface area (Å²) in [5.41, 5.74) is 5.57. The minimum absolute atomic E-state index is 0.641. The Bertz CT molecular complexity index is 244. The van der Waals surface area contributed by atoms with Gasteiger partial charge in [-0.1, -0.05) is 13.3 Å². The van der Waals surface area contributed by atoms with E-state index < -0.39 is 0 Å². The van der Waals surface area contributed by atoms with Crippen LogP contribution in [0.3, 0.4) is 0 Å². The third-order valence-electron chi connectivity index (χ3n) is 2.42. The van der Waals surface area contributed by atoms with E-state index in [4.69, 9.17) is 5.73 Å². The molecule has 4 heteroatoms. The van der Waals surface area contributed by atoms with Gasteiger partial charge >= 0.3 is 0 Å². The van der Waals surface area contributed by atoms with Gasteiger partial charge in [0.1, 0.15) is 5.82 Å². The van der Waals surface area contributed by atoms with E-state index in [-0.39, 0.29) is 0 Å². The number of hydrogen-bond donors (Lipinski definition) is 2. The second-order valence-electron chi connectivity index (χ2n) is 3.72. The lowest BCUT2D eigenvalue weighted by Gasteiger charge is -2.15. The Labute approximate surface area is 91.3 Å². The van der Waals surface area contributed by atoms with Crippen LogP contribution in [-0.2, 0) is 0 Å². The van der Waals surface area contributed by atoms with Crippen LogP contribution in [0.4, 0.5) is 5.82 Å². The van der Waals surface area contributed by atoms with Gasteiger partial charge in [0, 0.05) is 12.7 Å². The Morgan fingerprint density at radius 3 is 2.93 bits per heavy atom. The zero-order valence-electron chi connectivity index (χ0n) is 9.32. The first-order valence-electron chi connectivity index (χ1n) is 5.58. The summed E-state index contributed by atoms with van der Waals surface area (Å²) in [5, 5.41) is 11.1. The van der Waals surface area contributed by atoms with Crippen molar-refractivity contribution in [3.8, 4) is 0 Å². The van der Waals surface area contributed by atoms with Crippen molar-refractivity contribution >= 4 is 5.82 Å². The van der Waals surface area contributed by atoms with Crippen LogP contribution < -0.4 is 11.1 Å². The first-order chi connectivity index (χ1) is 7.36. The molecule has 0 saturated carbocycles. The molecule has 1 atom stereocenters. The highest BCUT2D eigenvalue weighted by Crippen LogP contribution is 2.11. The smallest absolute Gasteiger partial charge is 0.148 e. The molecule has 1 aromatic heterocycles. The molecule has 0 bridgehead atoms. The first kappa shape index (κ1) is 11.9. The second-order valence-corrected chi connectivity index (χ2v) is 3.72. The van der Waals surface area contributed by atoms with Crippen molar-refractivity contribution in [3.05, 3.63) is 18.3 Å². The van der Waals surface area contributed by atoms with E-state index in [0.29, 0.717) is 5.92 Å². The van der Waals surface area contributed by atoms with Crippen molar-refractivity contribution in [2.75, 3.05) is 18.4 Å². The molecular formula is C11H20N4. The maximum absolute atomic E-state index is 5.57. The van der Waals surface area contributed by atoms with Gasteiger partial charge in [0.25, 0.3) is 0 Å². The third-order valence-corrected chi connectivity index (χ3v) is 2.42. The minimum atomic E-state index is 0.641. The predicted octanol–water partition coefficient (Wildman–Crippen LogP) is 1.65. The number of nitrogens with one attached hydrogen (secondary N) is 1. The molecule has 1 aromatic rings. The fourth-order valence-electron chi connectivity index (χ4n) is 1.64. The summed E-state index contributed by atoms with van der Waals surface area (Å²) < 4.78 is 0. The van der Waals surface area contributed by atoms with E-state index in [0.717, 1.165) is 25.3 Å². The Morgan fingerprint density at radius 2 is 2.33 bits per heavy atom. The number of aromatic nitrogens is 2. The summed E-state index contributed by atoms with van der Waals surface area (Å²) in [4.78, 5) is 0. The van der Waals surface area contributed by atoms with Gasteiger partial charge in [0.15, 0.2) is 0 Å². The summed E-state index contributed by atoms with van der Waals surface area (Å²) in [6, 6.07) is 3.81.